The lowest BCUT2D eigenvalue weighted by Gasteiger charge is -2.39. The molecular weight excluding hydrogens is 376 g/mol. The van der Waals surface area contributed by atoms with E-state index in [2.05, 4.69) is 5.10 Å². The van der Waals surface area contributed by atoms with Gasteiger partial charge in [0.25, 0.3) is 0 Å². The Kier molecular flexibility index (Phi) is 4.27. The van der Waals surface area contributed by atoms with Crippen LogP contribution in [-0.2, 0) is 11.3 Å². The number of aryl methyl sites for hydroxylation is 1. The van der Waals surface area contributed by atoms with E-state index >= 15 is 0 Å². The van der Waals surface area contributed by atoms with Crippen LogP contribution in [0.1, 0.15) is 28.8 Å². The quantitative estimate of drug-likeness (QED) is 0.709. The third-order valence-electron chi connectivity index (χ3n) is 4.61. The Morgan fingerprint density at radius 3 is 2.88 bits per heavy atom. The van der Waals surface area contributed by atoms with Crippen molar-refractivity contribution in [1.82, 2.24) is 9.91 Å². The molecule has 136 valence electrons. The van der Waals surface area contributed by atoms with Crippen LogP contribution in [0.15, 0.2) is 34.7 Å². The van der Waals surface area contributed by atoms with E-state index in [9.17, 15) is 13.6 Å². The van der Waals surface area contributed by atoms with Gasteiger partial charge in [-0.2, -0.15) is 10.1 Å². The summed E-state index contributed by atoms with van der Waals surface area (Å²) in [6.45, 7) is 0. The van der Waals surface area contributed by atoms with Gasteiger partial charge in [0, 0.05) is 30.1 Å². The highest BCUT2D eigenvalue weighted by Crippen LogP contribution is 2.54. The lowest BCUT2D eigenvalue weighted by molar-refractivity contribution is 0.135. The summed E-state index contributed by atoms with van der Waals surface area (Å²) in [6, 6.07) is 5.05. The van der Waals surface area contributed by atoms with Gasteiger partial charge in [-0.05, 0) is 48.9 Å². The summed E-state index contributed by atoms with van der Waals surface area (Å²) in [5, 5.41) is 8.24. The normalized spacial score (nSPS) is 21.7. The van der Waals surface area contributed by atoms with Gasteiger partial charge in [0.1, 0.15) is 21.5 Å². The largest absolute Gasteiger partial charge is 0.341 e. The van der Waals surface area contributed by atoms with Crippen LogP contribution in [-0.4, -0.2) is 35.1 Å². The molecule has 1 aromatic heterocycles. The molecule has 2 aromatic rings. The predicted octanol–water partition coefficient (Wildman–Crippen LogP) is 4.61. The number of rotatable bonds is 1. The standard InChI is InChI=1S/C18H17F2N3OS2/c1-22(2)17(24)23-18(8-3-4-15-13(18)7-9-25-15)26-16(21-23)12-10-11(19)5-6-14(12)20/h5-7,9-10H,3-4,8H2,1-2H3. The molecule has 1 atom stereocenters. The van der Waals surface area contributed by atoms with E-state index in [1.165, 1.54) is 26.5 Å². The minimum Gasteiger partial charge on any atom is -0.329 e. The van der Waals surface area contributed by atoms with Crippen LogP contribution in [0.4, 0.5) is 13.6 Å². The monoisotopic (exact) mass is 393 g/mol. The van der Waals surface area contributed by atoms with Crippen molar-refractivity contribution >= 4 is 34.2 Å². The van der Waals surface area contributed by atoms with Gasteiger partial charge in [-0.15, -0.1) is 11.3 Å². The molecule has 0 fully saturated rings. The number of hydrogen-bond acceptors (Lipinski definition) is 4. The first-order chi connectivity index (χ1) is 12.4. The third kappa shape index (κ3) is 2.63. The predicted molar refractivity (Wildman–Crippen MR) is 100 cm³/mol. The Labute approximate surface area is 158 Å². The highest BCUT2D eigenvalue weighted by Gasteiger charge is 2.51. The van der Waals surface area contributed by atoms with Crippen molar-refractivity contribution < 1.29 is 13.6 Å². The van der Waals surface area contributed by atoms with E-state index in [0.29, 0.717) is 11.5 Å². The molecule has 1 aliphatic heterocycles. The van der Waals surface area contributed by atoms with E-state index in [4.69, 9.17) is 0 Å². The Morgan fingerprint density at radius 2 is 2.12 bits per heavy atom. The number of benzene rings is 1. The number of hydrogen-bond donors (Lipinski definition) is 0. The van der Waals surface area contributed by atoms with Crippen molar-refractivity contribution in [3.8, 4) is 0 Å². The van der Waals surface area contributed by atoms with Gasteiger partial charge >= 0.3 is 6.03 Å². The second-order valence-corrected chi connectivity index (χ2v) is 8.78. The molecule has 0 radical (unpaired) electrons. The average molecular weight is 393 g/mol. The topological polar surface area (TPSA) is 35.9 Å². The van der Waals surface area contributed by atoms with Crippen LogP contribution in [0.3, 0.4) is 0 Å². The van der Waals surface area contributed by atoms with Crippen LogP contribution in [0.25, 0.3) is 0 Å². The minimum atomic E-state index is -0.705. The number of thioether (sulfide) groups is 1. The van der Waals surface area contributed by atoms with E-state index in [0.717, 1.165) is 36.6 Å². The lowest BCUT2D eigenvalue weighted by atomic mass is 9.93. The first-order valence-corrected chi connectivity index (χ1v) is 9.93. The van der Waals surface area contributed by atoms with E-state index in [1.54, 1.807) is 25.4 Å². The minimum absolute atomic E-state index is 0.0887. The van der Waals surface area contributed by atoms with Crippen LogP contribution in [0.5, 0.6) is 0 Å². The highest BCUT2D eigenvalue weighted by molar-refractivity contribution is 8.15. The zero-order valence-corrected chi connectivity index (χ0v) is 16.0. The summed E-state index contributed by atoms with van der Waals surface area (Å²) in [7, 11) is 3.32. The zero-order chi connectivity index (χ0) is 18.5. The first-order valence-electron chi connectivity index (χ1n) is 8.24. The van der Waals surface area contributed by atoms with Gasteiger partial charge in [-0.25, -0.2) is 13.6 Å². The smallest absolute Gasteiger partial charge is 0.329 e. The fourth-order valence-electron chi connectivity index (χ4n) is 3.38. The molecule has 0 saturated carbocycles. The van der Waals surface area contributed by atoms with Gasteiger partial charge in [0.05, 0.1) is 0 Å². The van der Waals surface area contributed by atoms with E-state index in [-0.39, 0.29) is 11.6 Å². The lowest BCUT2D eigenvalue weighted by Crippen LogP contribution is -2.47. The van der Waals surface area contributed by atoms with Gasteiger partial charge in [0.2, 0.25) is 0 Å². The number of halogens is 2. The second kappa shape index (κ2) is 6.35. The Balaban J connectivity index is 1.85. The number of nitrogens with zero attached hydrogens (tertiary/aromatic N) is 3. The molecule has 1 spiro atoms. The maximum absolute atomic E-state index is 14.3. The van der Waals surface area contributed by atoms with Crippen molar-refractivity contribution in [1.29, 1.82) is 0 Å². The number of carbonyl (C=O) groups excluding carboxylic acids is 1. The van der Waals surface area contributed by atoms with Crippen molar-refractivity contribution in [3.63, 3.8) is 0 Å². The number of fused-ring (bicyclic) bond motifs is 2. The van der Waals surface area contributed by atoms with Crippen molar-refractivity contribution in [2.45, 2.75) is 24.1 Å². The summed E-state index contributed by atoms with van der Waals surface area (Å²) < 4.78 is 28.0. The summed E-state index contributed by atoms with van der Waals surface area (Å²) in [6.07, 6.45) is 2.58. The molecule has 4 nitrogen and oxygen atoms in total. The molecule has 0 saturated heterocycles. The van der Waals surface area contributed by atoms with Crippen LogP contribution in [0, 0.1) is 11.6 Å². The second-order valence-electron chi connectivity index (χ2n) is 6.52. The van der Waals surface area contributed by atoms with Crippen molar-refractivity contribution in [2.75, 3.05) is 14.1 Å². The fraction of sp³-hybridized carbons (Fsp3) is 0.333. The summed E-state index contributed by atoms with van der Waals surface area (Å²) in [5.74, 6) is -1.08. The highest BCUT2D eigenvalue weighted by atomic mass is 32.2. The Hall–Kier alpha value is -1.93. The van der Waals surface area contributed by atoms with Gasteiger partial charge < -0.3 is 4.90 Å². The van der Waals surface area contributed by atoms with Crippen LogP contribution >= 0.6 is 23.1 Å². The van der Waals surface area contributed by atoms with Gasteiger partial charge in [-0.3, -0.25) is 0 Å². The Morgan fingerprint density at radius 1 is 1.31 bits per heavy atom. The molecule has 1 aromatic carbocycles. The summed E-state index contributed by atoms with van der Waals surface area (Å²) in [5.41, 5.74) is 1.13. The molecule has 8 heteroatoms. The molecule has 2 heterocycles. The fourth-order valence-corrected chi connectivity index (χ4v) is 5.90. The molecule has 1 unspecified atom stereocenters. The number of carbonyl (C=O) groups is 1. The molecule has 1 aliphatic carbocycles. The molecule has 2 amide bonds. The molecule has 0 N–H and O–H groups in total. The van der Waals surface area contributed by atoms with Gasteiger partial charge in [-0.1, -0.05) is 11.8 Å². The van der Waals surface area contributed by atoms with Crippen molar-refractivity contribution in [3.05, 3.63) is 57.3 Å². The SMILES string of the molecule is CN(C)C(=O)N1N=C(c2cc(F)ccc2F)SC12CCCc1sccc12. The molecule has 2 aliphatic rings. The van der Waals surface area contributed by atoms with Crippen LogP contribution in [0.2, 0.25) is 0 Å². The number of urea groups is 1. The molecular formula is C18H17F2N3OS2. The number of amides is 2. The van der Waals surface area contributed by atoms with Gasteiger partial charge in [0.15, 0.2) is 0 Å². The van der Waals surface area contributed by atoms with Crippen LogP contribution < -0.4 is 0 Å². The number of thiophene rings is 1. The van der Waals surface area contributed by atoms with E-state index in [1.807, 2.05) is 11.4 Å². The maximum Gasteiger partial charge on any atom is 0.341 e. The summed E-state index contributed by atoms with van der Waals surface area (Å²) >= 11 is 3.00. The Bertz CT molecular complexity index is 912. The first kappa shape index (κ1) is 17.5. The maximum atomic E-state index is 14.3. The molecule has 0 bridgehead atoms. The summed E-state index contributed by atoms with van der Waals surface area (Å²) in [4.78, 5) is 14.8. The molecule has 26 heavy (non-hydrogen) atoms. The third-order valence-corrected chi connectivity index (χ3v) is 7.02. The van der Waals surface area contributed by atoms with E-state index < -0.39 is 16.5 Å². The molecule has 4 rings (SSSR count). The zero-order valence-electron chi connectivity index (χ0n) is 14.3. The average Bonchev–Trinajstić information content (AvgIpc) is 3.23. The number of hydrazone groups is 1. The van der Waals surface area contributed by atoms with Crippen molar-refractivity contribution in [2.24, 2.45) is 5.10 Å².